The number of carbonyl (C=O) groups excluding carboxylic acids is 1. The minimum Gasteiger partial charge on any atom is -0.349 e. The molecule has 0 aliphatic carbocycles. The molecule has 98 valence electrons. The highest BCUT2D eigenvalue weighted by atomic mass is 79.9. The number of benzene rings is 1. The maximum atomic E-state index is 11.7. The molecule has 0 heterocycles. The summed E-state index contributed by atoms with van der Waals surface area (Å²) in [5.41, 5.74) is 1.07. The van der Waals surface area contributed by atoms with Gasteiger partial charge in [0.15, 0.2) is 0 Å². The molecule has 0 unspecified atom stereocenters. The van der Waals surface area contributed by atoms with Gasteiger partial charge in [-0.1, -0.05) is 46.3 Å². The third-order valence-corrected chi connectivity index (χ3v) is 2.63. The molecule has 4 heteroatoms. The molecule has 0 saturated heterocycles. The fraction of sp³-hybridized carbons (Fsp3) is 0.200. The fourth-order valence-electron chi connectivity index (χ4n) is 1.38. The Hall–Kier alpha value is -1.86. The molecule has 0 bridgehead atoms. The number of carbonyl (C=O) groups is 1. The summed E-state index contributed by atoms with van der Waals surface area (Å²) in [5, 5.41) is 11.7. The highest BCUT2D eigenvalue weighted by molar-refractivity contribution is 9.12. The van der Waals surface area contributed by atoms with Crippen LogP contribution in [0.1, 0.15) is 19.4 Å². The van der Waals surface area contributed by atoms with Crippen LogP contribution in [-0.2, 0) is 4.79 Å². The highest BCUT2D eigenvalue weighted by Gasteiger charge is 2.09. The van der Waals surface area contributed by atoms with Gasteiger partial charge in [-0.05, 0) is 31.6 Å². The van der Waals surface area contributed by atoms with Crippen LogP contribution in [0.5, 0.6) is 0 Å². The van der Waals surface area contributed by atoms with Crippen LogP contribution in [0, 0.1) is 11.3 Å². The third-order valence-electron chi connectivity index (χ3n) is 2.17. The monoisotopic (exact) mass is 318 g/mol. The number of halogens is 1. The number of allylic oxidation sites excluding steroid dienone is 2. The Morgan fingerprint density at radius 2 is 2.00 bits per heavy atom. The van der Waals surface area contributed by atoms with Gasteiger partial charge in [0, 0.05) is 10.5 Å². The normalized spacial score (nSPS) is 12.2. The molecule has 0 aliphatic rings. The second kappa shape index (κ2) is 7.55. The van der Waals surface area contributed by atoms with E-state index in [-0.39, 0.29) is 17.5 Å². The SMILES string of the molecule is CC(C)NC(=O)/C(C#N)=C/C(Br)=C/c1ccccc1. The fourth-order valence-corrected chi connectivity index (χ4v) is 1.87. The molecular weight excluding hydrogens is 304 g/mol. The Kier molecular flexibility index (Phi) is 6.04. The summed E-state index contributed by atoms with van der Waals surface area (Å²) in [7, 11) is 0. The van der Waals surface area contributed by atoms with Crippen LogP contribution in [0.3, 0.4) is 0 Å². The quantitative estimate of drug-likeness (QED) is 0.525. The van der Waals surface area contributed by atoms with E-state index in [0.29, 0.717) is 4.48 Å². The van der Waals surface area contributed by atoms with Gasteiger partial charge in [0.2, 0.25) is 0 Å². The average Bonchev–Trinajstić information content (AvgIpc) is 2.36. The molecule has 0 saturated carbocycles. The van der Waals surface area contributed by atoms with E-state index in [4.69, 9.17) is 5.26 Å². The van der Waals surface area contributed by atoms with Crippen LogP contribution in [-0.4, -0.2) is 11.9 Å². The van der Waals surface area contributed by atoms with Crippen LogP contribution < -0.4 is 5.32 Å². The van der Waals surface area contributed by atoms with Gasteiger partial charge >= 0.3 is 0 Å². The molecule has 1 amide bonds. The van der Waals surface area contributed by atoms with Crippen molar-refractivity contribution >= 4 is 27.9 Å². The van der Waals surface area contributed by atoms with Crippen LogP contribution in [0.4, 0.5) is 0 Å². The molecule has 0 spiro atoms. The zero-order chi connectivity index (χ0) is 14.3. The molecule has 0 fully saturated rings. The van der Waals surface area contributed by atoms with E-state index < -0.39 is 0 Å². The van der Waals surface area contributed by atoms with Crippen molar-refractivity contribution in [2.75, 3.05) is 0 Å². The lowest BCUT2D eigenvalue weighted by Gasteiger charge is -2.06. The Labute approximate surface area is 121 Å². The van der Waals surface area contributed by atoms with Crippen LogP contribution >= 0.6 is 15.9 Å². The number of amides is 1. The topological polar surface area (TPSA) is 52.9 Å². The minimum atomic E-state index is -0.365. The van der Waals surface area contributed by atoms with Crippen molar-refractivity contribution in [3.8, 4) is 6.07 Å². The molecule has 3 nitrogen and oxygen atoms in total. The van der Waals surface area contributed by atoms with E-state index in [2.05, 4.69) is 21.2 Å². The molecule has 1 N–H and O–H groups in total. The summed E-state index contributed by atoms with van der Waals surface area (Å²) in [6, 6.07) is 11.6. The number of nitrogens with one attached hydrogen (secondary N) is 1. The van der Waals surface area contributed by atoms with Crippen molar-refractivity contribution in [3.05, 3.63) is 52.0 Å². The van der Waals surface area contributed by atoms with Gasteiger partial charge in [0.05, 0.1) is 0 Å². The molecule has 1 aromatic rings. The molecule has 0 radical (unpaired) electrons. The Bertz CT molecular complexity index is 539. The number of hydrogen-bond donors (Lipinski definition) is 1. The summed E-state index contributed by atoms with van der Waals surface area (Å²) in [5.74, 6) is -0.365. The second-order valence-corrected chi connectivity index (χ2v) is 5.15. The van der Waals surface area contributed by atoms with E-state index in [9.17, 15) is 4.79 Å². The zero-order valence-electron chi connectivity index (χ0n) is 10.9. The maximum absolute atomic E-state index is 11.7. The largest absolute Gasteiger partial charge is 0.349 e. The first-order valence-corrected chi connectivity index (χ1v) is 6.67. The lowest BCUT2D eigenvalue weighted by molar-refractivity contribution is -0.117. The zero-order valence-corrected chi connectivity index (χ0v) is 12.4. The Balaban J connectivity index is 2.90. The van der Waals surface area contributed by atoms with Crippen molar-refractivity contribution in [2.45, 2.75) is 19.9 Å². The average molecular weight is 319 g/mol. The molecule has 1 rings (SSSR count). The predicted molar refractivity (Wildman–Crippen MR) is 80.3 cm³/mol. The van der Waals surface area contributed by atoms with Crippen molar-refractivity contribution in [1.82, 2.24) is 5.32 Å². The lowest BCUT2D eigenvalue weighted by Crippen LogP contribution is -2.31. The van der Waals surface area contributed by atoms with Gasteiger partial charge in [-0.2, -0.15) is 5.26 Å². The van der Waals surface area contributed by atoms with E-state index >= 15 is 0 Å². The molecule has 0 aliphatic heterocycles. The van der Waals surface area contributed by atoms with E-state index in [1.807, 2.05) is 56.3 Å². The van der Waals surface area contributed by atoms with E-state index in [1.54, 1.807) is 0 Å². The molecule has 0 atom stereocenters. The van der Waals surface area contributed by atoms with Crippen LogP contribution in [0.15, 0.2) is 46.5 Å². The first-order valence-electron chi connectivity index (χ1n) is 5.88. The summed E-state index contributed by atoms with van der Waals surface area (Å²) in [4.78, 5) is 11.7. The van der Waals surface area contributed by atoms with Crippen molar-refractivity contribution in [1.29, 1.82) is 5.26 Å². The van der Waals surface area contributed by atoms with Crippen LogP contribution in [0.25, 0.3) is 6.08 Å². The summed E-state index contributed by atoms with van der Waals surface area (Å²) in [6.45, 7) is 3.70. The van der Waals surface area contributed by atoms with Gasteiger partial charge in [0.1, 0.15) is 11.6 Å². The number of nitrogens with zero attached hydrogens (tertiary/aromatic N) is 1. The van der Waals surface area contributed by atoms with Gasteiger partial charge in [-0.3, -0.25) is 4.79 Å². The maximum Gasteiger partial charge on any atom is 0.262 e. The Morgan fingerprint density at radius 1 is 1.37 bits per heavy atom. The highest BCUT2D eigenvalue weighted by Crippen LogP contribution is 2.15. The second-order valence-electron chi connectivity index (χ2n) is 4.24. The number of hydrogen-bond acceptors (Lipinski definition) is 2. The van der Waals surface area contributed by atoms with Gasteiger partial charge < -0.3 is 5.32 Å². The summed E-state index contributed by atoms with van der Waals surface area (Å²) >= 11 is 3.34. The van der Waals surface area contributed by atoms with E-state index in [1.165, 1.54) is 6.08 Å². The molecule has 19 heavy (non-hydrogen) atoms. The first-order chi connectivity index (χ1) is 9.02. The van der Waals surface area contributed by atoms with Gasteiger partial charge in [-0.25, -0.2) is 0 Å². The van der Waals surface area contributed by atoms with Gasteiger partial charge in [-0.15, -0.1) is 0 Å². The molecule has 0 aromatic heterocycles. The number of nitriles is 1. The summed E-state index contributed by atoms with van der Waals surface area (Å²) in [6.07, 6.45) is 3.37. The number of rotatable bonds is 4. The predicted octanol–water partition coefficient (Wildman–Crippen LogP) is 3.40. The van der Waals surface area contributed by atoms with Crippen molar-refractivity contribution < 1.29 is 4.79 Å². The third kappa shape index (κ3) is 5.54. The van der Waals surface area contributed by atoms with Crippen LogP contribution in [0.2, 0.25) is 0 Å². The minimum absolute atomic E-state index is 0.00104. The van der Waals surface area contributed by atoms with Crippen molar-refractivity contribution in [3.63, 3.8) is 0 Å². The first kappa shape index (κ1) is 15.2. The lowest BCUT2D eigenvalue weighted by atomic mass is 10.2. The van der Waals surface area contributed by atoms with Crippen molar-refractivity contribution in [2.24, 2.45) is 0 Å². The smallest absolute Gasteiger partial charge is 0.262 e. The Morgan fingerprint density at radius 3 is 2.53 bits per heavy atom. The van der Waals surface area contributed by atoms with Gasteiger partial charge in [0.25, 0.3) is 5.91 Å². The molecule has 1 aromatic carbocycles. The van der Waals surface area contributed by atoms with E-state index in [0.717, 1.165) is 5.56 Å². The summed E-state index contributed by atoms with van der Waals surface area (Å²) < 4.78 is 0.675. The standard InChI is InChI=1S/C15H15BrN2O/c1-11(2)18-15(19)13(10-17)9-14(16)8-12-6-4-3-5-7-12/h3-9,11H,1-2H3,(H,18,19)/b13-9+,14-8-. The molecular formula is C15H15BrN2O.